The number of hydrogen-bond acceptors (Lipinski definition) is 2. The third-order valence-electron chi connectivity index (χ3n) is 3.76. The van der Waals surface area contributed by atoms with Crippen molar-refractivity contribution in [2.24, 2.45) is 5.92 Å². The highest BCUT2D eigenvalue weighted by atomic mass is 35.5. The predicted octanol–water partition coefficient (Wildman–Crippen LogP) is 3.49. The predicted molar refractivity (Wildman–Crippen MR) is 71.1 cm³/mol. The Morgan fingerprint density at radius 1 is 1.44 bits per heavy atom. The number of carbonyl (C=O) groups is 1. The van der Waals surface area contributed by atoms with Crippen molar-refractivity contribution in [3.8, 4) is 5.75 Å². The zero-order chi connectivity index (χ0) is 12.5. The van der Waals surface area contributed by atoms with Crippen LogP contribution in [0.1, 0.15) is 36.6 Å². The van der Waals surface area contributed by atoms with Gasteiger partial charge in [0.25, 0.3) is 5.91 Å². The van der Waals surface area contributed by atoms with Crippen molar-refractivity contribution in [2.45, 2.75) is 31.1 Å². The maximum atomic E-state index is 11.3. The minimum absolute atomic E-state index is 0.0272. The van der Waals surface area contributed by atoms with Gasteiger partial charge in [-0.2, -0.15) is 0 Å². The summed E-state index contributed by atoms with van der Waals surface area (Å²) in [5.74, 6) is 1.39. The Hall–Kier alpha value is -1.22. The number of halogens is 1. The first kappa shape index (κ1) is 11.8. The highest BCUT2D eigenvalue weighted by Gasteiger charge is 2.23. The molecule has 96 valence electrons. The molecule has 1 aromatic carbocycles. The molecule has 3 nitrogen and oxygen atoms in total. The fraction of sp³-hybridized carbons (Fsp3) is 0.500. The number of fused-ring (bicyclic) bond motifs is 1. The summed E-state index contributed by atoms with van der Waals surface area (Å²) in [7, 11) is 0. The number of carbonyl (C=O) groups excluding carboxylic acids is 1. The van der Waals surface area contributed by atoms with Gasteiger partial charge >= 0.3 is 0 Å². The van der Waals surface area contributed by atoms with E-state index in [2.05, 4.69) is 5.32 Å². The van der Waals surface area contributed by atoms with Gasteiger partial charge in [0.15, 0.2) is 6.61 Å². The molecule has 1 unspecified atom stereocenters. The number of alkyl halides is 1. The van der Waals surface area contributed by atoms with Crippen LogP contribution in [0.3, 0.4) is 0 Å². The summed E-state index contributed by atoms with van der Waals surface area (Å²) in [5.41, 5.74) is 1.80. The van der Waals surface area contributed by atoms with Crippen molar-refractivity contribution < 1.29 is 9.53 Å². The molecule has 1 N–H and O–H groups in total. The first-order chi connectivity index (χ1) is 8.72. The van der Waals surface area contributed by atoms with E-state index in [0.717, 1.165) is 29.3 Å². The van der Waals surface area contributed by atoms with Gasteiger partial charge in [0.2, 0.25) is 0 Å². The van der Waals surface area contributed by atoms with E-state index in [1.54, 1.807) is 0 Å². The second kappa shape index (κ2) is 4.81. The highest BCUT2D eigenvalue weighted by molar-refractivity contribution is 6.20. The van der Waals surface area contributed by atoms with Gasteiger partial charge in [0.05, 0.1) is 11.1 Å². The molecule has 0 radical (unpaired) electrons. The van der Waals surface area contributed by atoms with Crippen molar-refractivity contribution in [1.29, 1.82) is 0 Å². The quantitative estimate of drug-likeness (QED) is 0.850. The molecule has 1 aromatic rings. The number of ether oxygens (including phenoxy) is 1. The minimum Gasteiger partial charge on any atom is -0.482 e. The van der Waals surface area contributed by atoms with Gasteiger partial charge in [-0.05, 0) is 30.0 Å². The Labute approximate surface area is 111 Å². The Morgan fingerprint density at radius 3 is 3.00 bits per heavy atom. The van der Waals surface area contributed by atoms with Gasteiger partial charge in [0.1, 0.15) is 5.75 Å². The maximum Gasteiger partial charge on any atom is 0.262 e. The Bertz CT molecular complexity index is 471. The standard InChI is InChI=1S/C14H16ClNO2/c15-11(6-9-2-1-3-9)10-4-5-13-12(7-10)16-14(17)8-18-13/h4-5,7,9,11H,1-3,6,8H2,(H,16,17). The van der Waals surface area contributed by atoms with E-state index < -0.39 is 0 Å². The number of benzene rings is 1. The third kappa shape index (κ3) is 2.32. The second-order valence-electron chi connectivity index (χ2n) is 5.09. The van der Waals surface area contributed by atoms with Gasteiger partial charge in [-0.3, -0.25) is 4.79 Å². The molecule has 4 heteroatoms. The largest absolute Gasteiger partial charge is 0.482 e. The first-order valence-electron chi connectivity index (χ1n) is 6.43. The van der Waals surface area contributed by atoms with E-state index in [1.165, 1.54) is 19.3 Å². The van der Waals surface area contributed by atoms with Crippen LogP contribution in [-0.2, 0) is 4.79 Å². The molecule has 0 bridgehead atoms. The van der Waals surface area contributed by atoms with Crippen LogP contribution >= 0.6 is 11.6 Å². The number of rotatable bonds is 3. The van der Waals surface area contributed by atoms with Gasteiger partial charge in [0, 0.05) is 0 Å². The minimum atomic E-state index is -0.107. The van der Waals surface area contributed by atoms with Crippen LogP contribution in [0.4, 0.5) is 5.69 Å². The molecule has 0 saturated heterocycles. The molecule has 3 rings (SSSR count). The van der Waals surface area contributed by atoms with Crippen molar-refractivity contribution >= 4 is 23.2 Å². The van der Waals surface area contributed by atoms with E-state index in [4.69, 9.17) is 16.3 Å². The van der Waals surface area contributed by atoms with E-state index in [9.17, 15) is 4.79 Å². The molecule has 1 aliphatic carbocycles. The number of nitrogens with one attached hydrogen (secondary N) is 1. The second-order valence-corrected chi connectivity index (χ2v) is 5.62. The molecular weight excluding hydrogens is 250 g/mol. The molecule has 1 heterocycles. The summed E-state index contributed by atoms with van der Waals surface area (Å²) >= 11 is 6.44. The Kier molecular flexibility index (Phi) is 3.16. The average Bonchev–Trinajstić information content (AvgIpc) is 2.32. The van der Waals surface area contributed by atoms with Gasteiger partial charge in [-0.1, -0.05) is 25.3 Å². The van der Waals surface area contributed by atoms with Crippen LogP contribution in [0.15, 0.2) is 18.2 Å². The topological polar surface area (TPSA) is 38.3 Å². The lowest BCUT2D eigenvalue weighted by atomic mass is 9.81. The van der Waals surface area contributed by atoms with Crippen molar-refractivity contribution in [3.05, 3.63) is 23.8 Å². The van der Waals surface area contributed by atoms with Gasteiger partial charge < -0.3 is 10.1 Å². The van der Waals surface area contributed by atoms with Crippen LogP contribution in [0, 0.1) is 5.92 Å². The zero-order valence-electron chi connectivity index (χ0n) is 10.1. The van der Waals surface area contributed by atoms with Crippen LogP contribution in [0.2, 0.25) is 0 Å². The normalized spacial score (nSPS) is 20.4. The van der Waals surface area contributed by atoms with E-state index >= 15 is 0 Å². The SMILES string of the molecule is O=C1COc2ccc(C(Cl)CC3CCC3)cc2N1. The zero-order valence-corrected chi connectivity index (χ0v) is 10.9. The molecule has 0 aromatic heterocycles. The molecule has 1 amide bonds. The van der Waals surface area contributed by atoms with Gasteiger partial charge in [-0.15, -0.1) is 11.6 Å². The highest BCUT2D eigenvalue weighted by Crippen LogP contribution is 2.39. The molecule has 1 atom stereocenters. The number of amides is 1. The molecule has 1 saturated carbocycles. The monoisotopic (exact) mass is 265 g/mol. The van der Waals surface area contributed by atoms with Crippen molar-refractivity contribution in [3.63, 3.8) is 0 Å². The van der Waals surface area contributed by atoms with Crippen molar-refractivity contribution in [2.75, 3.05) is 11.9 Å². The third-order valence-corrected chi connectivity index (χ3v) is 4.19. The molecule has 1 aliphatic heterocycles. The van der Waals surface area contributed by atoms with Crippen LogP contribution in [-0.4, -0.2) is 12.5 Å². The summed E-state index contributed by atoms with van der Waals surface area (Å²) in [6, 6.07) is 5.82. The lowest BCUT2D eigenvalue weighted by Gasteiger charge is -2.28. The molecular formula is C14H16ClNO2. The summed E-state index contributed by atoms with van der Waals surface area (Å²) in [4.78, 5) is 11.3. The fourth-order valence-corrected chi connectivity index (χ4v) is 2.84. The fourth-order valence-electron chi connectivity index (χ4n) is 2.45. The van der Waals surface area contributed by atoms with Crippen LogP contribution < -0.4 is 10.1 Å². The smallest absolute Gasteiger partial charge is 0.262 e. The van der Waals surface area contributed by atoms with Crippen LogP contribution in [0.5, 0.6) is 5.75 Å². The number of hydrogen-bond donors (Lipinski definition) is 1. The van der Waals surface area contributed by atoms with Crippen molar-refractivity contribution in [1.82, 2.24) is 0 Å². The maximum absolute atomic E-state index is 11.3. The summed E-state index contributed by atoms with van der Waals surface area (Å²) in [6.45, 7) is 0.0960. The summed E-state index contributed by atoms with van der Waals surface area (Å²) in [6.07, 6.45) is 4.96. The Balaban J connectivity index is 1.75. The molecule has 0 spiro atoms. The summed E-state index contributed by atoms with van der Waals surface area (Å²) < 4.78 is 5.33. The van der Waals surface area contributed by atoms with E-state index in [1.807, 2.05) is 18.2 Å². The first-order valence-corrected chi connectivity index (χ1v) is 6.86. The lowest BCUT2D eigenvalue weighted by Crippen LogP contribution is -2.25. The number of anilines is 1. The Morgan fingerprint density at radius 2 is 2.28 bits per heavy atom. The van der Waals surface area contributed by atoms with Crippen LogP contribution in [0.25, 0.3) is 0 Å². The van der Waals surface area contributed by atoms with Gasteiger partial charge in [-0.25, -0.2) is 0 Å². The summed E-state index contributed by atoms with van der Waals surface area (Å²) in [5, 5.41) is 2.84. The molecule has 18 heavy (non-hydrogen) atoms. The lowest BCUT2D eigenvalue weighted by molar-refractivity contribution is -0.118. The molecule has 1 fully saturated rings. The van der Waals surface area contributed by atoms with E-state index in [-0.39, 0.29) is 17.9 Å². The van der Waals surface area contributed by atoms with E-state index in [0.29, 0.717) is 0 Å². The average molecular weight is 266 g/mol. The molecule has 2 aliphatic rings.